The Hall–Kier alpha value is -1.39. The number of carbonyl (C=O) groups excluding carboxylic acids is 1. The highest BCUT2D eigenvalue weighted by Gasteiger charge is 2.45. The monoisotopic (exact) mass is 304 g/mol. The van der Waals surface area contributed by atoms with E-state index in [1.54, 1.807) is 0 Å². The highest BCUT2D eigenvalue weighted by molar-refractivity contribution is 5.91. The number of rotatable bonds is 5. The van der Waals surface area contributed by atoms with E-state index in [4.69, 9.17) is 4.74 Å². The average molecular weight is 304 g/mol. The van der Waals surface area contributed by atoms with Crippen LogP contribution < -0.4 is 10.6 Å². The van der Waals surface area contributed by atoms with Gasteiger partial charge < -0.3 is 15.4 Å². The highest BCUT2D eigenvalue weighted by Crippen LogP contribution is 2.37. The zero-order valence-corrected chi connectivity index (χ0v) is 14.3. The molecule has 1 amide bonds. The topological polar surface area (TPSA) is 50.4 Å². The third kappa shape index (κ3) is 4.31. The van der Waals surface area contributed by atoms with Crippen molar-refractivity contribution in [2.75, 3.05) is 11.9 Å². The maximum Gasteiger partial charge on any atom is 0.225 e. The van der Waals surface area contributed by atoms with Gasteiger partial charge in [-0.2, -0.15) is 0 Å². The van der Waals surface area contributed by atoms with E-state index in [2.05, 4.69) is 38.3 Å². The molecule has 1 aromatic rings. The summed E-state index contributed by atoms with van der Waals surface area (Å²) in [4.78, 5) is 12.0. The second kappa shape index (κ2) is 6.39. The molecule has 122 valence electrons. The lowest BCUT2D eigenvalue weighted by Crippen LogP contribution is -2.44. The molecule has 0 spiro atoms. The largest absolute Gasteiger partial charge is 0.368 e. The van der Waals surface area contributed by atoms with Crippen molar-refractivity contribution in [3.63, 3.8) is 0 Å². The van der Waals surface area contributed by atoms with Crippen LogP contribution in [0.2, 0.25) is 0 Å². The lowest BCUT2D eigenvalue weighted by molar-refractivity contribution is -0.116. The van der Waals surface area contributed by atoms with Gasteiger partial charge >= 0.3 is 0 Å². The van der Waals surface area contributed by atoms with Gasteiger partial charge in [-0.05, 0) is 52.7 Å². The summed E-state index contributed by atoms with van der Waals surface area (Å²) in [5, 5.41) is 6.44. The second-order valence-electron chi connectivity index (χ2n) is 7.29. The predicted octanol–water partition coefficient (Wildman–Crippen LogP) is 3.26. The van der Waals surface area contributed by atoms with Gasteiger partial charge in [0.1, 0.15) is 0 Å². The van der Waals surface area contributed by atoms with Crippen molar-refractivity contribution in [2.24, 2.45) is 0 Å². The van der Waals surface area contributed by atoms with Crippen molar-refractivity contribution in [1.82, 2.24) is 5.32 Å². The number of hydrogen-bond acceptors (Lipinski definition) is 3. The molecule has 4 nitrogen and oxygen atoms in total. The van der Waals surface area contributed by atoms with Crippen LogP contribution in [0.25, 0.3) is 0 Å². The van der Waals surface area contributed by atoms with Crippen molar-refractivity contribution in [1.29, 1.82) is 0 Å². The molecule has 1 atom stereocenters. The second-order valence-corrected chi connectivity index (χ2v) is 7.29. The van der Waals surface area contributed by atoms with Crippen LogP contribution in [0.4, 0.5) is 5.69 Å². The van der Waals surface area contributed by atoms with Crippen molar-refractivity contribution in [3.8, 4) is 0 Å². The van der Waals surface area contributed by atoms with E-state index in [1.165, 1.54) is 0 Å². The molecule has 4 heteroatoms. The van der Waals surface area contributed by atoms with E-state index in [9.17, 15) is 4.79 Å². The van der Waals surface area contributed by atoms with Crippen LogP contribution >= 0.6 is 0 Å². The SMILES string of the molecule is Cc1ccccc1NC(=O)CCN[C@@H]1CC(C)(C)OC1(C)C. The maximum absolute atomic E-state index is 12.0. The first-order valence-corrected chi connectivity index (χ1v) is 7.99. The smallest absolute Gasteiger partial charge is 0.225 e. The number of hydrogen-bond donors (Lipinski definition) is 2. The summed E-state index contributed by atoms with van der Waals surface area (Å²) in [5.41, 5.74) is 1.66. The summed E-state index contributed by atoms with van der Waals surface area (Å²) in [7, 11) is 0. The number of aryl methyl sites for hydroxylation is 1. The van der Waals surface area contributed by atoms with E-state index < -0.39 is 0 Å². The summed E-state index contributed by atoms with van der Waals surface area (Å²) in [6.07, 6.45) is 1.42. The minimum Gasteiger partial charge on any atom is -0.368 e. The van der Waals surface area contributed by atoms with Crippen LogP contribution in [0.1, 0.15) is 46.1 Å². The van der Waals surface area contributed by atoms with E-state index in [0.717, 1.165) is 17.7 Å². The minimum absolute atomic E-state index is 0.0396. The fourth-order valence-corrected chi connectivity index (χ4v) is 3.17. The van der Waals surface area contributed by atoms with Crippen molar-refractivity contribution >= 4 is 11.6 Å². The van der Waals surface area contributed by atoms with Crippen molar-refractivity contribution < 1.29 is 9.53 Å². The lowest BCUT2D eigenvalue weighted by Gasteiger charge is -2.27. The third-order valence-electron chi connectivity index (χ3n) is 4.24. The lowest BCUT2D eigenvalue weighted by atomic mass is 9.94. The molecule has 0 bridgehead atoms. The molecule has 1 fully saturated rings. The Balaban J connectivity index is 1.79. The molecule has 1 saturated heterocycles. The van der Waals surface area contributed by atoms with Gasteiger partial charge in [0.2, 0.25) is 5.91 Å². The van der Waals surface area contributed by atoms with Gasteiger partial charge in [-0.3, -0.25) is 4.79 Å². The fourth-order valence-electron chi connectivity index (χ4n) is 3.17. The Kier molecular flexibility index (Phi) is 4.93. The Morgan fingerprint density at radius 1 is 1.27 bits per heavy atom. The van der Waals surface area contributed by atoms with Crippen molar-refractivity contribution in [2.45, 2.75) is 64.7 Å². The van der Waals surface area contributed by atoms with Gasteiger partial charge in [0.15, 0.2) is 0 Å². The summed E-state index contributed by atoms with van der Waals surface area (Å²) < 4.78 is 6.05. The molecule has 0 radical (unpaired) electrons. The molecule has 0 saturated carbocycles. The molecule has 1 aromatic carbocycles. The normalized spacial score (nSPS) is 22.5. The zero-order chi connectivity index (χ0) is 16.4. The molecule has 2 rings (SSSR count). The van der Waals surface area contributed by atoms with Gasteiger partial charge in [0.05, 0.1) is 11.2 Å². The molecule has 0 aliphatic carbocycles. The standard InChI is InChI=1S/C18H28N2O2/c1-13-8-6-7-9-14(13)20-16(21)10-11-19-15-12-17(2,3)22-18(15,4)5/h6-9,15,19H,10-12H2,1-5H3,(H,20,21)/t15-/m1/s1. The van der Waals surface area contributed by atoms with Crippen molar-refractivity contribution in [3.05, 3.63) is 29.8 Å². The number of para-hydroxylation sites is 1. The number of nitrogens with one attached hydrogen (secondary N) is 2. The van der Waals surface area contributed by atoms with Gasteiger partial charge in [-0.25, -0.2) is 0 Å². The van der Waals surface area contributed by atoms with Crippen LogP contribution in [0, 0.1) is 6.92 Å². The molecule has 2 N–H and O–H groups in total. The molecule has 1 aliphatic rings. The predicted molar refractivity (Wildman–Crippen MR) is 90.1 cm³/mol. The van der Waals surface area contributed by atoms with E-state index in [0.29, 0.717) is 13.0 Å². The van der Waals surface area contributed by atoms with E-state index in [-0.39, 0.29) is 23.2 Å². The minimum atomic E-state index is -0.198. The Morgan fingerprint density at radius 2 is 1.95 bits per heavy atom. The molecular formula is C18H28N2O2. The number of ether oxygens (including phenoxy) is 1. The van der Waals surface area contributed by atoms with E-state index >= 15 is 0 Å². The first kappa shape index (κ1) is 17.0. The number of benzene rings is 1. The molecular weight excluding hydrogens is 276 g/mol. The zero-order valence-electron chi connectivity index (χ0n) is 14.3. The molecule has 1 heterocycles. The average Bonchev–Trinajstić information content (AvgIpc) is 2.60. The van der Waals surface area contributed by atoms with Gasteiger partial charge in [-0.15, -0.1) is 0 Å². The molecule has 1 aliphatic heterocycles. The third-order valence-corrected chi connectivity index (χ3v) is 4.24. The summed E-state index contributed by atoms with van der Waals surface area (Å²) in [5.74, 6) is 0.0396. The van der Waals surface area contributed by atoms with Crippen LogP contribution in [-0.2, 0) is 9.53 Å². The molecule has 22 heavy (non-hydrogen) atoms. The van der Waals surface area contributed by atoms with Crippen LogP contribution in [0.15, 0.2) is 24.3 Å². The first-order valence-electron chi connectivity index (χ1n) is 7.99. The number of carbonyl (C=O) groups is 1. The maximum atomic E-state index is 12.0. The fraction of sp³-hybridized carbons (Fsp3) is 0.611. The Labute approximate surface area is 133 Å². The Bertz CT molecular complexity index is 538. The van der Waals surface area contributed by atoms with Gasteiger partial charge in [-0.1, -0.05) is 18.2 Å². The highest BCUT2D eigenvalue weighted by atomic mass is 16.5. The summed E-state index contributed by atoms with van der Waals surface area (Å²) >= 11 is 0. The number of amides is 1. The number of anilines is 1. The Morgan fingerprint density at radius 3 is 2.55 bits per heavy atom. The molecule has 0 unspecified atom stereocenters. The van der Waals surface area contributed by atoms with Gasteiger partial charge in [0.25, 0.3) is 0 Å². The molecule has 0 aromatic heterocycles. The summed E-state index contributed by atoms with van der Waals surface area (Å²) in [6, 6.07) is 8.09. The summed E-state index contributed by atoms with van der Waals surface area (Å²) in [6.45, 7) is 11.1. The van der Waals surface area contributed by atoms with Crippen LogP contribution in [-0.4, -0.2) is 29.7 Å². The quantitative estimate of drug-likeness (QED) is 0.878. The van der Waals surface area contributed by atoms with Crippen LogP contribution in [0.5, 0.6) is 0 Å². The van der Waals surface area contributed by atoms with E-state index in [1.807, 2.05) is 31.2 Å². The first-order chi connectivity index (χ1) is 10.2. The van der Waals surface area contributed by atoms with Crippen LogP contribution in [0.3, 0.4) is 0 Å². The van der Waals surface area contributed by atoms with Gasteiger partial charge in [0, 0.05) is 24.7 Å².